The van der Waals surface area contributed by atoms with Gasteiger partial charge in [0, 0.05) is 24.1 Å². The zero-order chi connectivity index (χ0) is 18.7. The molecule has 1 aromatic carbocycles. The van der Waals surface area contributed by atoms with Crippen LogP contribution in [-0.4, -0.2) is 26.8 Å². The molecule has 2 N–H and O–H groups in total. The third kappa shape index (κ3) is 4.12. The van der Waals surface area contributed by atoms with Gasteiger partial charge in [-0.1, -0.05) is 19.1 Å². The predicted octanol–water partition coefficient (Wildman–Crippen LogP) is 4.00. The van der Waals surface area contributed by atoms with Crippen molar-refractivity contribution in [3.05, 3.63) is 47.3 Å². The van der Waals surface area contributed by atoms with Crippen LogP contribution in [0, 0.1) is 0 Å². The Labute approximate surface area is 153 Å². The van der Waals surface area contributed by atoms with Gasteiger partial charge < -0.3 is 10.4 Å². The fourth-order valence-electron chi connectivity index (χ4n) is 3.09. The highest BCUT2D eigenvalue weighted by Gasteiger charge is 2.33. The number of hydrogen-bond donors (Lipinski definition) is 2. The van der Waals surface area contributed by atoms with Gasteiger partial charge in [0.25, 0.3) is 5.91 Å². The minimum Gasteiger partial charge on any atom is -0.481 e. The smallest absolute Gasteiger partial charge is 0.303 e. The van der Waals surface area contributed by atoms with Crippen molar-refractivity contribution in [2.75, 3.05) is 5.32 Å². The third-order valence-electron chi connectivity index (χ3n) is 4.86. The molecule has 1 aromatic heterocycles. The Kier molecular flexibility index (Phi) is 5.40. The van der Waals surface area contributed by atoms with E-state index in [1.54, 1.807) is 6.20 Å². The number of hydrogen-bond acceptors (Lipinski definition) is 3. The van der Waals surface area contributed by atoms with E-state index in [9.17, 15) is 9.59 Å². The fraction of sp³-hybridized carbons (Fsp3) is 0.450. The number of carbonyl (C=O) groups excluding carboxylic acids is 1. The zero-order valence-corrected chi connectivity index (χ0v) is 15.2. The molecule has 6 heteroatoms. The van der Waals surface area contributed by atoms with Gasteiger partial charge >= 0.3 is 5.97 Å². The first kappa shape index (κ1) is 18.2. The van der Waals surface area contributed by atoms with Gasteiger partial charge in [0.15, 0.2) is 0 Å². The Bertz CT molecular complexity index is 808. The summed E-state index contributed by atoms with van der Waals surface area (Å²) in [6, 6.07) is 7.62. The van der Waals surface area contributed by atoms with Crippen molar-refractivity contribution in [1.82, 2.24) is 9.78 Å². The molecule has 1 aliphatic carbocycles. The fourth-order valence-corrected chi connectivity index (χ4v) is 3.09. The van der Waals surface area contributed by atoms with Gasteiger partial charge in [-0.2, -0.15) is 5.10 Å². The number of aliphatic carboxylic acids is 1. The maximum atomic E-state index is 12.8. The Morgan fingerprint density at radius 3 is 2.81 bits per heavy atom. The van der Waals surface area contributed by atoms with Crippen LogP contribution in [0.2, 0.25) is 0 Å². The number of carboxylic acids is 1. The van der Waals surface area contributed by atoms with Crippen molar-refractivity contribution < 1.29 is 14.7 Å². The van der Waals surface area contributed by atoms with E-state index >= 15 is 0 Å². The number of carbonyl (C=O) groups is 2. The van der Waals surface area contributed by atoms with E-state index in [1.165, 1.54) is 0 Å². The molecule has 2 aromatic rings. The van der Waals surface area contributed by atoms with Crippen LogP contribution in [0.15, 0.2) is 30.5 Å². The first-order chi connectivity index (χ1) is 12.5. The van der Waals surface area contributed by atoms with E-state index in [1.807, 2.05) is 28.9 Å². The quantitative estimate of drug-likeness (QED) is 0.749. The summed E-state index contributed by atoms with van der Waals surface area (Å²) in [5.41, 5.74) is 3.25. The first-order valence-corrected chi connectivity index (χ1v) is 9.19. The van der Waals surface area contributed by atoms with Gasteiger partial charge in [0.1, 0.15) is 0 Å². The van der Waals surface area contributed by atoms with E-state index in [-0.39, 0.29) is 18.4 Å². The molecule has 3 rings (SSSR count). The monoisotopic (exact) mass is 355 g/mol. The standard InChI is InChI=1S/C20H25N3O3/c1-3-13(2)23-19(15-8-9-15)17(12-21-23)20(26)22-16-6-4-5-14(11-16)7-10-18(24)25/h4-6,11-13,15H,3,7-10H2,1-2H3,(H,22,26)(H,24,25). The van der Waals surface area contributed by atoms with Crippen LogP contribution in [-0.2, 0) is 11.2 Å². The van der Waals surface area contributed by atoms with Gasteiger partial charge in [-0.05, 0) is 50.3 Å². The molecule has 1 atom stereocenters. The minimum absolute atomic E-state index is 0.0743. The lowest BCUT2D eigenvalue weighted by Crippen LogP contribution is -2.16. The molecule has 1 heterocycles. The summed E-state index contributed by atoms with van der Waals surface area (Å²) in [6.07, 6.45) is 5.36. The molecule has 1 unspecified atom stereocenters. The molecule has 138 valence electrons. The van der Waals surface area contributed by atoms with E-state index in [0.717, 1.165) is 30.5 Å². The average Bonchev–Trinajstić information content (AvgIpc) is 3.37. The minimum atomic E-state index is -0.828. The van der Waals surface area contributed by atoms with Crippen LogP contribution >= 0.6 is 0 Å². The van der Waals surface area contributed by atoms with Gasteiger partial charge in [-0.3, -0.25) is 14.3 Å². The first-order valence-electron chi connectivity index (χ1n) is 9.19. The number of aromatic nitrogens is 2. The van der Waals surface area contributed by atoms with E-state index in [2.05, 4.69) is 24.3 Å². The van der Waals surface area contributed by atoms with Crippen molar-refractivity contribution in [3.63, 3.8) is 0 Å². The number of carboxylic acid groups (broad SMARTS) is 1. The molecule has 0 radical (unpaired) electrons. The van der Waals surface area contributed by atoms with E-state index in [0.29, 0.717) is 23.6 Å². The average molecular weight is 355 g/mol. The molecule has 1 aliphatic rings. The molecule has 26 heavy (non-hydrogen) atoms. The normalized spacial score (nSPS) is 14.8. The molecular weight excluding hydrogens is 330 g/mol. The van der Waals surface area contributed by atoms with Crippen LogP contribution < -0.4 is 5.32 Å². The highest BCUT2D eigenvalue weighted by Crippen LogP contribution is 2.42. The molecular formula is C20H25N3O3. The molecule has 0 spiro atoms. The van der Waals surface area contributed by atoms with Gasteiger partial charge in [-0.25, -0.2) is 0 Å². The lowest BCUT2D eigenvalue weighted by Gasteiger charge is -2.14. The van der Waals surface area contributed by atoms with Crippen LogP contribution in [0.25, 0.3) is 0 Å². The van der Waals surface area contributed by atoms with Crippen molar-refractivity contribution in [3.8, 4) is 0 Å². The lowest BCUT2D eigenvalue weighted by molar-refractivity contribution is -0.136. The van der Waals surface area contributed by atoms with Crippen LogP contribution in [0.5, 0.6) is 0 Å². The molecule has 1 saturated carbocycles. The maximum absolute atomic E-state index is 12.8. The molecule has 0 saturated heterocycles. The Morgan fingerprint density at radius 2 is 2.15 bits per heavy atom. The summed E-state index contributed by atoms with van der Waals surface area (Å²) < 4.78 is 2.00. The summed E-state index contributed by atoms with van der Waals surface area (Å²) in [5, 5.41) is 16.2. The second-order valence-corrected chi connectivity index (χ2v) is 6.97. The number of rotatable bonds is 8. The van der Waals surface area contributed by atoms with Crippen molar-refractivity contribution in [2.24, 2.45) is 0 Å². The topological polar surface area (TPSA) is 84.2 Å². The second kappa shape index (κ2) is 7.72. The molecule has 0 aliphatic heterocycles. The number of anilines is 1. The lowest BCUT2D eigenvalue weighted by atomic mass is 10.1. The Morgan fingerprint density at radius 1 is 1.38 bits per heavy atom. The SMILES string of the molecule is CCC(C)n1ncc(C(=O)Nc2cccc(CCC(=O)O)c2)c1C1CC1. The van der Waals surface area contributed by atoms with Gasteiger partial charge in [0.2, 0.25) is 0 Å². The summed E-state index contributed by atoms with van der Waals surface area (Å²) in [7, 11) is 0. The summed E-state index contributed by atoms with van der Waals surface area (Å²) in [5.74, 6) is -0.558. The van der Waals surface area contributed by atoms with E-state index < -0.39 is 5.97 Å². The summed E-state index contributed by atoms with van der Waals surface area (Å²) >= 11 is 0. The van der Waals surface area contributed by atoms with Crippen molar-refractivity contribution in [1.29, 1.82) is 0 Å². The number of amides is 1. The second-order valence-electron chi connectivity index (χ2n) is 6.97. The van der Waals surface area contributed by atoms with Crippen LogP contribution in [0.3, 0.4) is 0 Å². The Hall–Kier alpha value is -2.63. The number of aryl methyl sites for hydroxylation is 1. The third-order valence-corrected chi connectivity index (χ3v) is 4.86. The zero-order valence-electron chi connectivity index (χ0n) is 15.2. The van der Waals surface area contributed by atoms with Gasteiger partial charge in [0.05, 0.1) is 17.5 Å². The molecule has 0 bridgehead atoms. The number of benzene rings is 1. The molecule has 6 nitrogen and oxygen atoms in total. The largest absolute Gasteiger partial charge is 0.481 e. The molecule has 1 fully saturated rings. The maximum Gasteiger partial charge on any atom is 0.303 e. The van der Waals surface area contributed by atoms with Crippen LogP contribution in [0.4, 0.5) is 5.69 Å². The highest BCUT2D eigenvalue weighted by molar-refractivity contribution is 6.05. The number of nitrogens with one attached hydrogen (secondary N) is 1. The van der Waals surface area contributed by atoms with Gasteiger partial charge in [-0.15, -0.1) is 0 Å². The summed E-state index contributed by atoms with van der Waals surface area (Å²) in [6.45, 7) is 4.23. The summed E-state index contributed by atoms with van der Waals surface area (Å²) in [4.78, 5) is 23.5. The Balaban J connectivity index is 1.77. The van der Waals surface area contributed by atoms with Crippen molar-refractivity contribution in [2.45, 2.75) is 57.9 Å². The number of nitrogens with zero attached hydrogens (tertiary/aromatic N) is 2. The van der Waals surface area contributed by atoms with E-state index in [4.69, 9.17) is 5.11 Å². The van der Waals surface area contributed by atoms with Crippen LogP contribution in [0.1, 0.15) is 73.1 Å². The highest BCUT2D eigenvalue weighted by atomic mass is 16.4. The molecule has 1 amide bonds. The predicted molar refractivity (Wildman–Crippen MR) is 99.6 cm³/mol. The van der Waals surface area contributed by atoms with Crippen molar-refractivity contribution >= 4 is 17.6 Å².